The van der Waals surface area contributed by atoms with Crippen LogP contribution in [0, 0.1) is 19.7 Å². The third-order valence-electron chi connectivity index (χ3n) is 4.03. The van der Waals surface area contributed by atoms with Crippen molar-refractivity contribution >= 4 is 5.91 Å². The minimum atomic E-state index is -0.575. The van der Waals surface area contributed by atoms with Gasteiger partial charge in [0.2, 0.25) is 0 Å². The summed E-state index contributed by atoms with van der Waals surface area (Å²) in [5, 5.41) is 7.15. The molecule has 1 amide bonds. The Labute approximate surface area is 122 Å². The summed E-state index contributed by atoms with van der Waals surface area (Å²) in [6.45, 7) is 4.51. The number of nitrogens with zero attached hydrogens (tertiary/aromatic N) is 3. The fourth-order valence-corrected chi connectivity index (χ4v) is 3.06. The zero-order valence-electron chi connectivity index (χ0n) is 12.1. The van der Waals surface area contributed by atoms with Crippen molar-refractivity contribution in [3.05, 3.63) is 46.8 Å². The van der Waals surface area contributed by atoms with Gasteiger partial charge in [0.25, 0.3) is 5.91 Å². The van der Waals surface area contributed by atoms with Crippen LogP contribution >= 0.6 is 0 Å². The molecule has 1 aliphatic heterocycles. The molecule has 5 nitrogen and oxygen atoms in total. The first-order valence-electron chi connectivity index (χ1n) is 7.01. The highest BCUT2D eigenvalue weighted by atomic mass is 19.1. The number of amides is 1. The summed E-state index contributed by atoms with van der Waals surface area (Å²) in [5.41, 5.74) is 2.99. The normalized spacial score (nSPS) is 18.2. The number of H-pyrrole nitrogens is 1. The molecule has 0 spiro atoms. The van der Waals surface area contributed by atoms with Crippen molar-refractivity contribution in [3.63, 3.8) is 0 Å². The van der Waals surface area contributed by atoms with Gasteiger partial charge in [0.05, 0.1) is 23.5 Å². The minimum Gasteiger partial charge on any atom is -0.331 e. The van der Waals surface area contributed by atoms with Gasteiger partial charge in [-0.3, -0.25) is 14.9 Å². The topological polar surface area (TPSA) is 61.9 Å². The second-order valence-electron chi connectivity index (χ2n) is 5.36. The van der Waals surface area contributed by atoms with Gasteiger partial charge in [-0.2, -0.15) is 5.10 Å². The number of hydrogen-bond donors (Lipinski definition) is 1. The van der Waals surface area contributed by atoms with E-state index >= 15 is 0 Å². The van der Waals surface area contributed by atoms with Crippen LogP contribution in [0.3, 0.4) is 0 Å². The molecule has 3 rings (SSSR count). The van der Waals surface area contributed by atoms with E-state index in [1.54, 1.807) is 4.90 Å². The zero-order chi connectivity index (χ0) is 15.0. The van der Waals surface area contributed by atoms with Crippen LogP contribution < -0.4 is 0 Å². The monoisotopic (exact) mass is 288 g/mol. The van der Waals surface area contributed by atoms with E-state index in [0.717, 1.165) is 36.0 Å². The van der Waals surface area contributed by atoms with Gasteiger partial charge in [-0.15, -0.1) is 0 Å². The number of pyridine rings is 1. The maximum Gasteiger partial charge on any atom is 0.257 e. The van der Waals surface area contributed by atoms with Crippen LogP contribution in [0.1, 0.15) is 46.2 Å². The Morgan fingerprint density at radius 3 is 2.95 bits per heavy atom. The van der Waals surface area contributed by atoms with Crippen LogP contribution in [0.5, 0.6) is 0 Å². The van der Waals surface area contributed by atoms with Crippen LogP contribution in [0.15, 0.2) is 18.5 Å². The molecule has 2 aromatic rings. The van der Waals surface area contributed by atoms with Crippen molar-refractivity contribution in [1.29, 1.82) is 0 Å². The zero-order valence-corrected chi connectivity index (χ0v) is 12.1. The molecular weight excluding hydrogens is 271 g/mol. The standard InChI is InChI=1S/C15H17FN4O/c1-9-14(10(2)19-18-9)13-4-3-7-20(13)15(21)11-5-6-17-8-12(11)16/h5-6,8,13H,3-4,7H2,1-2H3,(H,18,19). The van der Waals surface area contributed by atoms with E-state index < -0.39 is 5.82 Å². The minimum absolute atomic E-state index is 0.0381. The molecule has 0 bridgehead atoms. The predicted molar refractivity (Wildman–Crippen MR) is 75.3 cm³/mol. The summed E-state index contributed by atoms with van der Waals surface area (Å²) in [6, 6.07) is 1.39. The summed E-state index contributed by atoms with van der Waals surface area (Å²) in [6.07, 6.45) is 4.30. The molecule has 110 valence electrons. The number of hydrogen-bond acceptors (Lipinski definition) is 3. The third kappa shape index (κ3) is 2.30. The first-order valence-corrected chi connectivity index (χ1v) is 7.01. The van der Waals surface area contributed by atoms with E-state index in [9.17, 15) is 9.18 Å². The van der Waals surface area contributed by atoms with Crippen LogP contribution in [0.2, 0.25) is 0 Å². The summed E-state index contributed by atoms with van der Waals surface area (Å²) in [5.74, 6) is -0.855. The lowest BCUT2D eigenvalue weighted by Gasteiger charge is -2.25. The van der Waals surface area contributed by atoms with Crippen molar-refractivity contribution in [3.8, 4) is 0 Å². The number of aromatic amines is 1. The SMILES string of the molecule is Cc1n[nH]c(C)c1C1CCCN1C(=O)c1ccncc1F. The molecule has 1 N–H and O–H groups in total. The number of carbonyl (C=O) groups is 1. The highest BCUT2D eigenvalue weighted by Crippen LogP contribution is 2.35. The molecule has 0 aromatic carbocycles. The quantitative estimate of drug-likeness (QED) is 0.923. The number of rotatable bonds is 2. The molecule has 1 atom stereocenters. The second kappa shape index (κ2) is 5.27. The fourth-order valence-electron chi connectivity index (χ4n) is 3.06. The average Bonchev–Trinajstić information content (AvgIpc) is 3.05. The van der Waals surface area contributed by atoms with Gasteiger partial charge in [-0.1, -0.05) is 0 Å². The van der Waals surface area contributed by atoms with E-state index in [1.807, 2.05) is 13.8 Å². The molecular formula is C15H17FN4O. The average molecular weight is 288 g/mol. The number of likely N-dealkylation sites (tertiary alicyclic amines) is 1. The lowest BCUT2D eigenvalue weighted by Crippen LogP contribution is -2.31. The summed E-state index contributed by atoms with van der Waals surface area (Å²) in [7, 11) is 0. The molecule has 1 saturated heterocycles. The Bertz CT molecular complexity index is 663. The third-order valence-corrected chi connectivity index (χ3v) is 4.03. The van der Waals surface area contributed by atoms with Crippen molar-refractivity contribution in [2.75, 3.05) is 6.54 Å². The second-order valence-corrected chi connectivity index (χ2v) is 5.36. The van der Waals surface area contributed by atoms with E-state index in [-0.39, 0.29) is 17.5 Å². The largest absolute Gasteiger partial charge is 0.331 e. The van der Waals surface area contributed by atoms with Gasteiger partial charge < -0.3 is 4.90 Å². The molecule has 1 unspecified atom stereocenters. The summed E-state index contributed by atoms with van der Waals surface area (Å²) < 4.78 is 13.8. The molecule has 2 aromatic heterocycles. The first kappa shape index (κ1) is 13.7. The molecule has 0 saturated carbocycles. The van der Waals surface area contributed by atoms with Gasteiger partial charge in [0, 0.05) is 24.0 Å². The van der Waals surface area contributed by atoms with E-state index in [4.69, 9.17) is 0 Å². The van der Waals surface area contributed by atoms with Gasteiger partial charge in [0.1, 0.15) is 0 Å². The fraction of sp³-hybridized carbons (Fsp3) is 0.400. The van der Waals surface area contributed by atoms with Crippen LogP contribution in [0.25, 0.3) is 0 Å². The van der Waals surface area contributed by atoms with Crippen molar-refractivity contribution in [2.24, 2.45) is 0 Å². The summed E-state index contributed by atoms with van der Waals surface area (Å²) in [4.78, 5) is 18.1. The first-order chi connectivity index (χ1) is 10.1. The number of aromatic nitrogens is 3. The molecule has 1 fully saturated rings. The lowest BCUT2D eigenvalue weighted by molar-refractivity contribution is 0.0730. The Morgan fingerprint density at radius 2 is 2.29 bits per heavy atom. The smallest absolute Gasteiger partial charge is 0.257 e. The lowest BCUT2D eigenvalue weighted by atomic mass is 10.0. The molecule has 0 radical (unpaired) electrons. The van der Waals surface area contributed by atoms with E-state index in [0.29, 0.717) is 6.54 Å². The van der Waals surface area contributed by atoms with Crippen molar-refractivity contribution in [1.82, 2.24) is 20.1 Å². The van der Waals surface area contributed by atoms with E-state index in [1.165, 1.54) is 12.3 Å². The Hall–Kier alpha value is -2.24. The molecule has 1 aliphatic rings. The van der Waals surface area contributed by atoms with Gasteiger partial charge in [0.15, 0.2) is 5.82 Å². The Kier molecular flexibility index (Phi) is 3.45. The predicted octanol–water partition coefficient (Wildman–Crippen LogP) is 2.54. The molecule has 3 heterocycles. The highest BCUT2D eigenvalue weighted by molar-refractivity contribution is 5.94. The maximum absolute atomic E-state index is 13.8. The number of aryl methyl sites for hydroxylation is 2. The molecule has 21 heavy (non-hydrogen) atoms. The molecule has 0 aliphatic carbocycles. The van der Waals surface area contributed by atoms with Gasteiger partial charge >= 0.3 is 0 Å². The number of halogens is 1. The van der Waals surface area contributed by atoms with Crippen LogP contribution in [-0.4, -0.2) is 32.5 Å². The molecule has 6 heteroatoms. The van der Waals surface area contributed by atoms with Gasteiger partial charge in [-0.05, 0) is 32.8 Å². The number of carbonyl (C=O) groups excluding carboxylic acids is 1. The van der Waals surface area contributed by atoms with E-state index in [2.05, 4.69) is 15.2 Å². The van der Waals surface area contributed by atoms with Crippen LogP contribution in [-0.2, 0) is 0 Å². The maximum atomic E-state index is 13.8. The van der Waals surface area contributed by atoms with Crippen LogP contribution in [0.4, 0.5) is 4.39 Å². The highest BCUT2D eigenvalue weighted by Gasteiger charge is 2.34. The number of nitrogens with one attached hydrogen (secondary N) is 1. The summed E-state index contributed by atoms with van der Waals surface area (Å²) >= 11 is 0. The van der Waals surface area contributed by atoms with Crippen molar-refractivity contribution < 1.29 is 9.18 Å². The van der Waals surface area contributed by atoms with Gasteiger partial charge in [-0.25, -0.2) is 4.39 Å². The van der Waals surface area contributed by atoms with Crippen molar-refractivity contribution in [2.45, 2.75) is 32.7 Å². The Morgan fingerprint density at radius 1 is 1.48 bits per heavy atom. The Balaban J connectivity index is 1.95.